The summed E-state index contributed by atoms with van der Waals surface area (Å²) in [6, 6.07) is 17.9. The topological polar surface area (TPSA) is 135 Å². The molecule has 3 aromatic rings. The zero-order chi connectivity index (χ0) is 30.2. The predicted octanol–water partition coefficient (Wildman–Crippen LogP) is 3.70. The number of nitrogens with one attached hydrogen (secondary N) is 2. The van der Waals surface area contributed by atoms with E-state index >= 15 is 0 Å². The van der Waals surface area contributed by atoms with Gasteiger partial charge < -0.3 is 15.4 Å². The lowest BCUT2D eigenvalue weighted by molar-refractivity contribution is -0.148. The third-order valence-corrected chi connectivity index (χ3v) is 9.42. The van der Waals surface area contributed by atoms with E-state index in [-0.39, 0.29) is 24.7 Å². The Morgan fingerprint density at radius 2 is 1.60 bits per heavy atom. The van der Waals surface area contributed by atoms with Gasteiger partial charge in [-0.05, 0) is 55.2 Å². The van der Waals surface area contributed by atoms with E-state index < -0.39 is 33.5 Å². The molecule has 10 nitrogen and oxygen atoms in total. The number of anilines is 1. The van der Waals surface area contributed by atoms with Crippen LogP contribution in [0.15, 0.2) is 79.1 Å². The molecule has 1 heterocycles. The number of amides is 2. The van der Waals surface area contributed by atoms with Crippen LogP contribution in [0, 0.1) is 0 Å². The average molecular weight is 593 g/mol. The first-order valence-electron chi connectivity index (χ1n) is 13.9. The van der Waals surface area contributed by atoms with Crippen LogP contribution in [-0.2, 0) is 36.5 Å². The van der Waals surface area contributed by atoms with E-state index in [0.29, 0.717) is 42.5 Å². The van der Waals surface area contributed by atoms with Gasteiger partial charge in [-0.2, -0.15) is 4.31 Å². The summed E-state index contributed by atoms with van der Waals surface area (Å²) in [6.07, 6.45) is 5.28. The van der Waals surface area contributed by atoms with E-state index in [2.05, 4.69) is 15.6 Å². The zero-order valence-corrected chi connectivity index (χ0v) is 24.6. The SMILES string of the molecule is CCOC(=O)[C@H](Cc1ccc(NC(=O)c2ccncc2)cc1)NC(=O)C1(N(C)S(=O)(=O)Cc2ccccc2)CCCC1. The summed E-state index contributed by atoms with van der Waals surface area (Å²) in [4.78, 5) is 43.2. The molecule has 2 amide bonds. The monoisotopic (exact) mass is 592 g/mol. The molecule has 0 radical (unpaired) electrons. The van der Waals surface area contributed by atoms with E-state index in [4.69, 9.17) is 4.74 Å². The molecule has 222 valence electrons. The average Bonchev–Trinajstić information content (AvgIpc) is 3.49. The minimum absolute atomic E-state index is 0.125. The van der Waals surface area contributed by atoms with Crippen molar-refractivity contribution in [1.29, 1.82) is 0 Å². The van der Waals surface area contributed by atoms with Crippen LogP contribution < -0.4 is 10.6 Å². The molecule has 0 spiro atoms. The Morgan fingerprint density at radius 3 is 2.21 bits per heavy atom. The third kappa shape index (κ3) is 7.40. The van der Waals surface area contributed by atoms with Crippen LogP contribution in [0.4, 0.5) is 5.69 Å². The number of ether oxygens (including phenoxy) is 1. The summed E-state index contributed by atoms with van der Waals surface area (Å²) >= 11 is 0. The molecular formula is C31H36N4O6S. The predicted molar refractivity (Wildman–Crippen MR) is 159 cm³/mol. The quantitative estimate of drug-likeness (QED) is 0.306. The van der Waals surface area contributed by atoms with Crippen molar-refractivity contribution < 1.29 is 27.5 Å². The maximum absolute atomic E-state index is 13.9. The van der Waals surface area contributed by atoms with E-state index in [1.165, 1.54) is 23.7 Å². The highest BCUT2D eigenvalue weighted by Gasteiger charge is 2.50. The number of hydrogen-bond donors (Lipinski definition) is 2. The number of rotatable bonds is 12. The molecule has 2 aromatic carbocycles. The maximum atomic E-state index is 13.9. The minimum Gasteiger partial charge on any atom is -0.464 e. The van der Waals surface area contributed by atoms with Crippen molar-refractivity contribution in [1.82, 2.24) is 14.6 Å². The number of benzene rings is 2. The number of nitrogens with zero attached hydrogens (tertiary/aromatic N) is 2. The Kier molecular flexibility index (Phi) is 10.1. The highest BCUT2D eigenvalue weighted by Crippen LogP contribution is 2.37. The lowest BCUT2D eigenvalue weighted by Gasteiger charge is -2.37. The first-order chi connectivity index (χ1) is 20.1. The summed E-state index contributed by atoms with van der Waals surface area (Å²) in [5.74, 6) is -1.64. The molecule has 1 atom stereocenters. The number of likely N-dealkylation sites (N-methyl/N-ethyl adjacent to an activating group) is 1. The van der Waals surface area contributed by atoms with E-state index in [1.54, 1.807) is 67.6 Å². The normalized spacial score (nSPS) is 15.1. The van der Waals surface area contributed by atoms with Crippen LogP contribution in [0.3, 0.4) is 0 Å². The molecule has 11 heteroatoms. The van der Waals surface area contributed by atoms with Gasteiger partial charge in [0.1, 0.15) is 11.6 Å². The highest BCUT2D eigenvalue weighted by atomic mass is 32.2. The van der Waals surface area contributed by atoms with Crippen LogP contribution in [0.5, 0.6) is 0 Å². The summed E-state index contributed by atoms with van der Waals surface area (Å²) in [5.41, 5.74) is 1.08. The third-order valence-electron chi connectivity index (χ3n) is 7.54. The van der Waals surface area contributed by atoms with Crippen molar-refractivity contribution in [3.63, 3.8) is 0 Å². The molecule has 0 bridgehead atoms. The Balaban J connectivity index is 1.49. The van der Waals surface area contributed by atoms with E-state index in [9.17, 15) is 22.8 Å². The lowest BCUT2D eigenvalue weighted by Crippen LogP contribution is -2.60. The van der Waals surface area contributed by atoms with Gasteiger partial charge in [0.25, 0.3) is 5.91 Å². The molecule has 1 fully saturated rings. The van der Waals surface area contributed by atoms with Gasteiger partial charge in [0.05, 0.1) is 12.4 Å². The van der Waals surface area contributed by atoms with Crippen molar-refractivity contribution in [3.05, 3.63) is 95.8 Å². The first-order valence-corrected chi connectivity index (χ1v) is 15.5. The number of esters is 1. The van der Waals surface area contributed by atoms with Crippen molar-refractivity contribution in [2.75, 3.05) is 19.0 Å². The van der Waals surface area contributed by atoms with Gasteiger partial charge in [-0.15, -0.1) is 0 Å². The molecule has 1 aliphatic rings. The van der Waals surface area contributed by atoms with Gasteiger partial charge in [-0.1, -0.05) is 55.3 Å². The molecule has 0 unspecified atom stereocenters. The molecule has 1 aromatic heterocycles. The van der Waals surface area contributed by atoms with Crippen molar-refractivity contribution >= 4 is 33.5 Å². The summed E-state index contributed by atoms with van der Waals surface area (Å²) in [6.45, 7) is 1.81. The standard InChI is InChI=1S/C31H36N4O6S/c1-3-41-29(37)27(21-23-11-13-26(14-12-23)33-28(36)25-15-19-32-20-16-25)34-30(38)31(17-7-8-18-31)35(2)42(39,40)22-24-9-5-4-6-10-24/h4-6,9-16,19-20,27H,3,7-8,17-18,21-22H2,1-2H3,(H,33,36)(H,34,38)/t27-/m0/s1. The molecule has 1 aliphatic carbocycles. The molecule has 2 N–H and O–H groups in total. The van der Waals surface area contributed by atoms with Crippen LogP contribution in [0.25, 0.3) is 0 Å². The fourth-order valence-electron chi connectivity index (χ4n) is 5.19. The maximum Gasteiger partial charge on any atom is 0.328 e. The molecule has 1 saturated carbocycles. The number of carbonyl (C=O) groups excluding carboxylic acids is 3. The summed E-state index contributed by atoms with van der Waals surface area (Å²) in [7, 11) is -2.40. The number of pyridine rings is 1. The van der Waals surface area contributed by atoms with Crippen LogP contribution in [-0.4, -0.2) is 60.7 Å². The van der Waals surface area contributed by atoms with Gasteiger partial charge in [-0.3, -0.25) is 14.6 Å². The van der Waals surface area contributed by atoms with Gasteiger partial charge in [0, 0.05) is 37.1 Å². The molecule has 4 rings (SSSR count). The smallest absolute Gasteiger partial charge is 0.328 e. The van der Waals surface area contributed by atoms with Crippen LogP contribution in [0.1, 0.15) is 54.1 Å². The second kappa shape index (κ2) is 13.7. The van der Waals surface area contributed by atoms with Crippen molar-refractivity contribution in [2.45, 2.75) is 56.4 Å². The van der Waals surface area contributed by atoms with Gasteiger partial charge in [0.15, 0.2) is 0 Å². The zero-order valence-electron chi connectivity index (χ0n) is 23.8. The van der Waals surface area contributed by atoms with Crippen molar-refractivity contribution in [2.24, 2.45) is 0 Å². The van der Waals surface area contributed by atoms with Crippen LogP contribution in [0.2, 0.25) is 0 Å². The van der Waals surface area contributed by atoms with Gasteiger partial charge in [0.2, 0.25) is 15.9 Å². The largest absolute Gasteiger partial charge is 0.464 e. The fourth-order valence-corrected chi connectivity index (χ4v) is 6.79. The number of sulfonamides is 1. The number of hydrogen-bond acceptors (Lipinski definition) is 7. The van der Waals surface area contributed by atoms with E-state index in [0.717, 1.165) is 5.56 Å². The molecule has 0 aliphatic heterocycles. The van der Waals surface area contributed by atoms with Gasteiger partial charge in [-0.25, -0.2) is 13.2 Å². The van der Waals surface area contributed by atoms with E-state index in [1.807, 2.05) is 6.07 Å². The fraction of sp³-hybridized carbons (Fsp3) is 0.355. The number of carbonyl (C=O) groups is 3. The summed E-state index contributed by atoms with van der Waals surface area (Å²) < 4.78 is 33.3. The Labute approximate surface area is 246 Å². The minimum atomic E-state index is -3.84. The molecular weight excluding hydrogens is 556 g/mol. The first kappa shape index (κ1) is 30.9. The summed E-state index contributed by atoms with van der Waals surface area (Å²) in [5, 5.41) is 5.63. The van der Waals surface area contributed by atoms with Crippen molar-refractivity contribution in [3.8, 4) is 0 Å². The Bertz CT molecular complexity index is 1470. The highest BCUT2D eigenvalue weighted by molar-refractivity contribution is 7.88. The Hall–Kier alpha value is -4.09. The molecule has 0 saturated heterocycles. The lowest BCUT2D eigenvalue weighted by atomic mass is 9.95. The Morgan fingerprint density at radius 1 is 0.952 bits per heavy atom. The molecule has 42 heavy (non-hydrogen) atoms. The van der Waals surface area contributed by atoms with Gasteiger partial charge >= 0.3 is 5.97 Å². The number of aromatic nitrogens is 1. The van der Waals surface area contributed by atoms with Crippen LogP contribution >= 0.6 is 0 Å². The second-order valence-electron chi connectivity index (χ2n) is 10.3. The second-order valence-corrected chi connectivity index (χ2v) is 12.3.